The monoisotopic (exact) mass is 370 g/mol. The molecular weight excluding hydrogens is 352 g/mol. The number of rotatable bonds is 3. The molecule has 26 heavy (non-hydrogen) atoms. The van der Waals surface area contributed by atoms with Crippen LogP contribution in [0.25, 0.3) is 11.4 Å². The molecule has 134 valence electrons. The van der Waals surface area contributed by atoms with E-state index < -0.39 is 0 Å². The average molecular weight is 371 g/mol. The molecule has 9 heteroatoms. The lowest BCUT2D eigenvalue weighted by atomic mass is 10.0. The zero-order valence-corrected chi connectivity index (χ0v) is 15.5. The molecule has 1 aromatic carbocycles. The molecule has 1 aliphatic heterocycles. The van der Waals surface area contributed by atoms with E-state index in [1.54, 1.807) is 11.0 Å². The van der Waals surface area contributed by atoms with Crippen LogP contribution in [0.3, 0.4) is 0 Å². The molecule has 0 radical (unpaired) electrons. The van der Waals surface area contributed by atoms with Crippen LogP contribution in [0, 0.1) is 0 Å². The van der Waals surface area contributed by atoms with Crippen molar-refractivity contribution in [2.75, 3.05) is 6.54 Å². The van der Waals surface area contributed by atoms with Gasteiger partial charge in [0.1, 0.15) is 12.1 Å². The number of benzene rings is 1. The van der Waals surface area contributed by atoms with Crippen LogP contribution < -0.4 is 0 Å². The van der Waals surface area contributed by atoms with Gasteiger partial charge in [0, 0.05) is 11.2 Å². The maximum Gasteiger partial charge on any atom is 0.208 e. The third-order valence-corrected chi connectivity index (χ3v) is 4.52. The van der Waals surface area contributed by atoms with Crippen LogP contribution in [0.5, 0.6) is 0 Å². The number of aromatic nitrogens is 6. The van der Waals surface area contributed by atoms with Crippen molar-refractivity contribution in [1.82, 2.24) is 30.0 Å². The smallest absolute Gasteiger partial charge is 0.208 e. The number of hydrogen-bond donors (Lipinski definition) is 0. The Labute approximate surface area is 155 Å². The second kappa shape index (κ2) is 6.28. The Kier molecular flexibility index (Phi) is 4.07. The average Bonchev–Trinajstić information content (AvgIpc) is 3.33. The second-order valence-electron chi connectivity index (χ2n) is 7.29. The standard InChI is InChI=1S/C17H19ClN8/c1-17(2,3)26-23-16(22-24-26)12-8-20-25(10-12)14-9-19-21-15(14)11-4-6-13(18)7-5-11/h4-8,10,14-15H,9H2,1-3H3. The van der Waals surface area contributed by atoms with Gasteiger partial charge >= 0.3 is 0 Å². The highest BCUT2D eigenvalue weighted by Gasteiger charge is 2.30. The lowest BCUT2D eigenvalue weighted by molar-refractivity contribution is 0.306. The van der Waals surface area contributed by atoms with Gasteiger partial charge in [0.15, 0.2) is 0 Å². The first-order valence-electron chi connectivity index (χ1n) is 8.39. The summed E-state index contributed by atoms with van der Waals surface area (Å²) in [5.41, 5.74) is 1.67. The van der Waals surface area contributed by atoms with Crippen molar-refractivity contribution in [3.63, 3.8) is 0 Å². The molecule has 0 saturated carbocycles. The quantitative estimate of drug-likeness (QED) is 0.703. The van der Waals surface area contributed by atoms with Crippen molar-refractivity contribution < 1.29 is 0 Å². The molecule has 8 nitrogen and oxygen atoms in total. The highest BCUT2D eigenvalue weighted by Crippen LogP contribution is 2.36. The van der Waals surface area contributed by atoms with Gasteiger partial charge in [-0.1, -0.05) is 23.7 Å². The molecule has 0 N–H and O–H groups in total. The normalized spacial score (nSPS) is 20.0. The lowest BCUT2D eigenvalue weighted by Gasteiger charge is -2.17. The van der Waals surface area contributed by atoms with E-state index in [1.807, 2.05) is 55.9 Å². The summed E-state index contributed by atoms with van der Waals surface area (Å²) in [6.07, 6.45) is 3.68. The van der Waals surface area contributed by atoms with Crippen molar-refractivity contribution in [1.29, 1.82) is 0 Å². The number of tetrazole rings is 1. The van der Waals surface area contributed by atoms with E-state index in [2.05, 4.69) is 30.7 Å². The summed E-state index contributed by atoms with van der Waals surface area (Å²) in [5.74, 6) is 0.557. The minimum absolute atomic E-state index is 0.0163. The number of hydrogen-bond acceptors (Lipinski definition) is 6. The zero-order valence-electron chi connectivity index (χ0n) is 14.8. The van der Waals surface area contributed by atoms with Gasteiger partial charge in [-0.05, 0) is 43.7 Å². The summed E-state index contributed by atoms with van der Waals surface area (Å²) in [5, 5.41) is 26.5. The van der Waals surface area contributed by atoms with Crippen molar-refractivity contribution >= 4 is 11.6 Å². The van der Waals surface area contributed by atoms with Gasteiger partial charge in [0.05, 0.1) is 23.8 Å². The summed E-state index contributed by atoms with van der Waals surface area (Å²) in [6.45, 7) is 6.66. The van der Waals surface area contributed by atoms with Gasteiger partial charge in [-0.2, -0.15) is 20.1 Å². The first kappa shape index (κ1) is 16.8. The molecule has 3 heterocycles. The summed E-state index contributed by atoms with van der Waals surface area (Å²) in [4.78, 5) is 1.61. The second-order valence-corrected chi connectivity index (χ2v) is 7.72. The van der Waals surface area contributed by atoms with Gasteiger partial charge in [-0.15, -0.1) is 10.2 Å². The number of nitrogens with zero attached hydrogens (tertiary/aromatic N) is 8. The van der Waals surface area contributed by atoms with Crippen molar-refractivity contribution in [2.45, 2.75) is 38.4 Å². The van der Waals surface area contributed by atoms with E-state index in [-0.39, 0.29) is 17.6 Å². The molecule has 3 aromatic rings. The molecule has 0 bridgehead atoms. The molecule has 2 aromatic heterocycles. The largest absolute Gasteiger partial charge is 0.264 e. The van der Waals surface area contributed by atoms with Crippen LogP contribution in [-0.2, 0) is 5.54 Å². The Bertz CT molecular complexity index is 934. The van der Waals surface area contributed by atoms with E-state index in [1.165, 1.54) is 0 Å². The lowest BCUT2D eigenvalue weighted by Crippen LogP contribution is -2.24. The first-order chi connectivity index (χ1) is 12.4. The van der Waals surface area contributed by atoms with Gasteiger partial charge < -0.3 is 0 Å². The van der Waals surface area contributed by atoms with Crippen LogP contribution in [0.4, 0.5) is 0 Å². The summed E-state index contributed by atoms with van der Waals surface area (Å²) < 4.78 is 1.88. The third-order valence-electron chi connectivity index (χ3n) is 4.26. The van der Waals surface area contributed by atoms with Crippen LogP contribution in [0.1, 0.15) is 38.4 Å². The fourth-order valence-electron chi connectivity index (χ4n) is 2.82. The highest BCUT2D eigenvalue weighted by molar-refractivity contribution is 6.30. The summed E-state index contributed by atoms with van der Waals surface area (Å²) in [6, 6.07) is 7.62. The Balaban J connectivity index is 1.59. The molecule has 2 unspecified atom stereocenters. The van der Waals surface area contributed by atoms with Crippen LogP contribution in [0.15, 0.2) is 46.9 Å². The first-order valence-corrected chi connectivity index (χ1v) is 8.77. The molecule has 2 atom stereocenters. The van der Waals surface area contributed by atoms with Crippen molar-refractivity contribution in [2.24, 2.45) is 10.2 Å². The predicted molar refractivity (Wildman–Crippen MR) is 97.0 cm³/mol. The topological polar surface area (TPSA) is 86.1 Å². The summed E-state index contributed by atoms with van der Waals surface area (Å²) >= 11 is 5.98. The van der Waals surface area contributed by atoms with Crippen molar-refractivity contribution in [3.05, 3.63) is 47.2 Å². The van der Waals surface area contributed by atoms with Crippen molar-refractivity contribution in [3.8, 4) is 11.4 Å². The molecule has 1 aliphatic rings. The fourth-order valence-corrected chi connectivity index (χ4v) is 2.95. The van der Waals surface area contributed by atoms with Gasteiger partial charge in [0.2, 0.25) is 5.82 Å². The highest BCUT2D eigenvalue weighted by atomic mass is 35.5. The van der Waals surface area contributed by atoms with Gasteiger partial charge in [0.25, 0.3) is 0 Å². The van der Waals surface area contributed by atoms with E-state index >= 15 is 0 Å². The molecule has 0 saturated heterocycles. The third kappa shape index (κ3) is 3.12. The molecule has 0 spiro atoms. The van der Waals surface area contributed by atoms with Gasteiger partial charge in [-0.3, -0.25) is 4.68 Å². The minimum atomic E-state index is -0.218. The molecule has 0 aliphatic carbocycles. The number of halogens is 1. The van der Waals surface area contributed by atoms with Gasteiger partial charge in [-0.25, -0.2) is 0 Å². The summed E-state index contributed by atoms with van der Waals surface area (Å²) in [7, 11) is 0. The zero-order chi connectivity index (χ0) is 18.3. The van der Waals surface area contributed by atoms with E-state index in [0.29, 0.717) is 17.4 Å². The molecule has 0 amide bonds. The Hall–Kier alpha value is -2.61. The molecule has 0 fully saturated rings. The Morgan fingerprint density at radius 2 is 1.92 bits per heavy atom. The Morgan fingerprint density at radius 3 is 2.62 bits per heavy atom. The maximum atomic E-state index is 5.98. The van der Waals surface area contributed by atoms with E-state index in [9.17, 15) is 0 Å². The van der Waals surface area contributed by atoms with E-state index in [4.69, 9.17) is 11.6 Å². The maximum absolute atomic E-state index is 5.98. The number of azo groups is 1. The molecule has 4 rings (SSSR count). The predicted octanol–water partition coefficient (Wildman–Crippen LogP) is 3.69. The van der Waals surface area contributed by atoms with Crippen LogP contribution in [0.2, 0.25) is 5.02 Å². The van der Waals surface area contributed by atoms with E-state index in [0.717, 1.165) is 11.1 Å². The van der Waals surface area contributed by atoms with Crippen LogP contribution in [-0.4, -0.2) is 36.5 Å². The van der Waals surface area contributed by atoms with Crippen LogP contribution >= 0.6 is 11.6 Å². The minimum Gasteiger partial charge on any atom is -0.264 e. The SMILES string of the molecule is CC(C)(C)n1nnc(-c2cnn(C3CN=NC3c3ccc(Cl)cc3)c2)n1. The Morgan fingerprint density at radius 1 is 1.15 bits per heavy atom. The molecular formula is C17H19ClN8. The fraction of sp³-hybridized carbons (Fsp3) is 0.412.